The molecule has 0 radical (unpaired) electrons. The Bertz CT molecular complexity index is 977. The molecule has 7 nitrogen and oxygen atoms in total. The molecule has 9 heteroatoms. The Morgan fingerprint density at radius 3 is 2.64 bits per heavy atom. The highest BCUT2D eigenvalue weighted by molar-refractivity contribution is 7.85. The highest BCUT2D eigenvalue weighted by Gasteiger charge is 2.21. The summed E-state index contributed by atoms with van der Waals surface area (Å²) in [5, 5.41) is 3.52. The van der Waals surface area contributed by atoms with Gasteiger partial charge in [-0.15, -0.1) is 0 Å². The fraction of sp³-hybridized carbons (Fsp3) is 0.368. The van der Waals surface area contributed by atoms with Gasteiger partial charge in [0, 0.05) is 41.9 Å². The second kappa shape index (κ2) is 8.79. The molecule has 4 rings (SSSR count). The fourth-order valence-corrected chi connectivity index (χ4v) is 4.47. The van der Waals surface area contributed by atoms with Crippen molar-refractivity contribution < 1.29 is 4.21 Å². The van der Waals surface area contributed by atoms with Crippen molar-refractivity contribution in [2.24, 2.45) is 0 Å². The lowest BCUT2D eigenvalue weighted by Gasteiger charge is -2.27. The quantitative estimate of drug-likeness (QED) is 0.488. The first-order valence-electron chi connectivity index (χ1n) is 9.26. The van der Waals surface area contributed by atoms with E-state index in [2.05, 4.69) is 54.4 Å². The minimum Gasteiger partial charge on any atom is -0.368 e. The van der Waals surface area contributed by atoms with E-state index in [9.17, 15) is 4.21 Å². The molecule has 1 aliphatic rings. The van der Waals surface area contributed by atoms with Crippen molar-refractivity contribution in [1.29, 1.82) is 0 Å². The molecule has 0 saturated carbocycles. The van der Waals surface area contributed by atoms with Crippen LogP contribution >= 0.6 is 11.6 Å². The molecule has 3 aromatic rings. The zero-order valence-electron chi connectivity index (χ0n) is 15.3. The van der Waals surface area contributed by atoms with Gasteiger partial charge >= 0.3 is 0 Å². The van der Waals surface area contributed by atoms with E-state index in [1.165, 1.54) is 11.9 Å². The summed E-state index contributed by atoms with van der Waals surface area (Å²) in [4.78, 5) is 19.6. The number of aryl methyl sites for hydroxylation is 1. The maximum absolute atomic E-state index is 11.7. The normalized spacial score (nSPS) is 15.1. The largest absolute Gasteiger partial charge is 0.368 e. The van der Waals surface area contributed by atoms with Gasteiger partial charge < -0.3 is 10.2 Å². The molecule has 28 heavy (non-hydrogen) atoms. The number of nitrogens with zero attached hydrogens (tertiary/aromatic N) is 5. The van der Waals surface area contributed by atoms with Crippen LogP contribution < -0.4 is 10.2 Å². The van der Waals surface area contributed by atoms with E-state index in [-0.39, 0.29) is 5.28 Å². The van der Waals surface area contributed by atoms with Crippen LogP contribution in [0.1, 0.15) is 12.0 Å². The minimum absolute atomic E-state index is 0.163. The van der Waals surface area contributed by atoms with Crippen LogP contribution in [0.2, 0.25) is 5.28 Å². The van der Waals surface area contributed by atoms with Crippen molar-refractivity contribution in [2.45, 2.75) is 12.8 Å². The van der Waals surface area contributed by atoms with Crippen molar-refractivity contribution in [2.75, 3.05) is 41.4 Å². The van der Waals surface area contributed by atoms with Crippen LogP contribution in [0.3, 0.4) is 0 Å². The van der Waals surface area contributed by atoms with Crippen LogP contribution in [0, 0.1) is 0 Å². The fourth-order valence-electron chi connectivity index (χ4n) is 3.25. The highest BCUT2D eigenvalue weighted by Crippen LogP contribution is 2.27. The minimum atomic E-state index is -0.763. The SMILES string of the molecule is O=S1CCN(c2nc(Cl)nc3c(NCCCc4ccccc4)ncnc23)CC1. The van der Waals surface area contributed by atoms with E-state index in [0.29, 0.717) is 47.3 Å². The monoisotopic (exact) mass is 416 g/mol. The van der Waals surface area contributed by atoms with Crippen molar-refractivity contribution in [3.63, 3.8) is 0 Å². The lowest BCUT2D eigenvalue weighted by Crippen LogP contribution is -2.38. The molecule has 146 valence electrons. The smallest absolute Gasteiger partial charge is 0.225 e. The molecular weight excluding hydrogens is 396 g/mol. The maximum Gasteiger partial charge on any atom is 0.225 e. The second-order valence-corrected chi connectivity index (χ2v) is 8.62. The first-order chi connectivity index (χ1) is 13.7. The number of nitrogens with one attached hydrogen (secondary N) is 1. The Kier molecular flexibility index (Phi) is 5.97. The van der Waals surface area contributed by atoms with E-state index in [4.69, 9.17) is 11.6 Å². The van der Waals surface area contributed by atoms with Crippen LogP contribution in [0.4, 0.5) is 11.6 Å². The van der Waals surface area contributed by atoms with Gasteiger partial charge in [-0.05, 0) is 30.0 Å². The number of aromatic nitrogens is 4. The summed E-state index contributed by atoms with van der Waals surface area (Å²) in [6.45, 7) is 2.10. The van der Waals surface area contributed by atoms with Gasteiger partial charge in [-0.25, -0.2) is 15.0 Å². The molecule has 1 fully saturated rings. The molecule has 1 N–H and O–H groups in total. The molecule has 1 aliphatic heterocycles. The van der Waals surface area contributed by atoms with Crippen LogP contribution in [-0.2, 0) is 17.2 Å². The zero-order valence-corrected chi connectivity index (χ0v) is 16.9. The van der Waals surface area contributed by atoms with Gasteiger partial charge in [-0.2, -0.15) is 4.98 Å². The Balaban J connectivity index is 1.52. The van der Waals surface area contributed by atoms with Gasteiger partial charge in [0.2, 0.25) is 5.28 Å². The summed E-state index contributed by atoms with van der Waals surface area (Å²) in [5.41, 5.74) is 2.59. The van der Waals surface area contributed by atoms with Crippen LogP contribution in [0.5, 0.6) is 0 Å². The molecule has 0 unspecified atom stereocenters. The third kappa shape index (κ3) is 4.39. The van der Waals surface area contributed by atoms with E-state index < -0.39 is 10.8 Å². The van der Waals surface area contributed by atoms with Gasteiger partial charge in [0.15, 0.2) is 11.6 Å². The third-order valence-electron chi connectivity index (χ3n) is 4.69. The molecule has 2 aromatic heterocycles. The van der Waals surface area contributed by atoms with Crippen molar-refractivity contribution in [1.82, 2.24) is 19.9 Å². The number of anilines is 2. The van der Waals surface area contributed by atoms with E-state index in [1.54, 1.807) is 0 Å². The van der Waals surface area contributed by atoms with E-state index in [1.807, 2.05) is 6.07 Å². The molecule has 0 amide bonds. The Labute approximate surface area is 171 Å². The molecular formula is C19H21ClN6OS. The molecule has 0 atom stereocenters. The lowest BCUT2D eigenvalue weighted by atomic mass is 10.1. The lowest BCUT2D eigenvalue weighted by molar-refractivity contribution is 0.672. The van der Waals surface area contributed by atoms with E-state index in [0.717, 1.165) is 19.4 Å². The summed E-state index contributed by atoms with van der Waals surface area (Å²) in [6.07, 6.45) is 3.48. The first-order valence-corrected chi connectivity index (χ1v) is 11.1. The topological polar surface area (TPSA) is 83.9 Å². The number of hydrogen-bond donors (Lipinski definition) is 1. The Hall–Kier alpha value is -2.32. The van der Waals surface area contributed by atoms with Crippen molar-refractivity contribution >= 4 is 45.1 Å². The summed E-state index contributed by atoms with van der Waals surface area (Å²) in [5.74, 6) is 2.59. The Morgan fingerprint density at radius 1 is 1.07 bits per heavy atom. The van der Waals surface area contributed by atoms with Crippen molar-refractivity contribution in [3.05, 3.63) is 47.5 Å². The average molecular weight is 417 g/mol. The third-order valence-corrected chi connectivity index (χ3v) is 6.14. The van der Waals surface area contributed by atoms with Gasteiger partial charge in [-0.1, -0.05) is 30.3 Å². The summed E-state index contributed by atoms with van der Waals surface area (Å²) in [6, 6.07) is 10.4. The number of halogens is 1. The first kappa shape index (κ1) is 19.0. The number of rotatable bonds is 6. The van der Waals surface area contributed by atoms with Gasteiger partial charge in [-0.3, -0.25) is 4.21 Å². The summed E-state index contributed by atoms with van der Waals surface area (Å²) >= 11 is 6.19. The standard InChI is InChI=1S/C19H21ClN6OS/c20-19-24-15-16(18(25-19)26-9-11-28(27)12-10-26)22-13-23-17(15)21-8-4-7-14-5-2-1-3-6-14/h1-3,5-6,13H,4,7-12H2,(H,21,22,23). The predicted molar refractivity (Wildman–Crippen MR) is 113 cm³/mol. The summed E-state index contributed by atoms with van der Waals surface area (Å²) < 4.78 is 11.7. The predicted octanol–water partition coefficient (Wildman–Crippen LogP) is 2.69. The molecule has 3 heterocycles. The number of hydrogen-bond acceptors (Lipinski definition) is 7. The molecule has 1 saturated heterocycles. The van der Waals surface area contributed by atoms with Crippen LogP contribution in [0.25, 0.3) is 11.0 Å². The molecule has 0 aliphatic carbocycles. The van der Waals surface area contributed by atoms with Gasteiger partial charge in [0.1, 0.15) is 17.4 Å². The van der Waals surface area contributed by atoms with Crippen molar-refractivity contribution in [3.8, 4) is 0 Å². The molecule has 0 bridgehead atoms. The number of benzene rings is 1. The van der Waals surface area contributed by atoms with Gasteiger partial charge in [0.05, 0.1) is 0 Å². The Morgan fingerprint density at radius 2 is 1.86 bits per heavy atom. The highest BCUT2D eigenvalue weighted by atomic mass is 35.5. The second-order valence-electron chi connectivity index (χ2n) is 6.59. The zero-order chi connectivity index (χ0) is 19.3. The van der Waals surface area contributed by atoms with Crippen LogP contribution in [-0.4, -0.2) is 55.3 Å². The molecule has 0 spiro atoms. The van der Waals surface area contributed by atoms with Gasteiger partial charge in [0.25, 0.3) is 0 Å². The summed E-state index contributed by atoms with van der Waals surface area (Å²) in [7, 11) is -0.763. The van der Waals surface area contributed by atoms with E-state index >= 15 is 0 Å². The number of fused-ring (bicyclic) bond motifs is 1. The van der Waals surface area contributed by atoms with Crippen LogP contribution in [0.15, 0.2) is 36.7 Å². The average Bonchev–Trinajstić information content (AvgIpc) is 2.72. The molecule has 1 aromatic carbocycles. The maximum atomic E-state index is 11.7.